The van der Waals surface area contributed by atoms with E-state index < -0.39 is 41.8 Å². The molecule has 1 atom stereocenters. The smallest absolute Gasteiger partial charge is 0.276 e. The summed E-state index contributed by atoms with van der Waals surface area (Å²) in [5.74, 6) is -0.964. The number of H-pyrrole nitrogens is 1. The maximum atomic E-state index is 13.2. The topological polar surface area (TPSA) is 226 Å². The van der Waals surface area contributed by atoms with E-state index in [1.54, 1.807) is 0 Å². The van der Waals surface area contributed by atoms with Crippen LogP contribution in [0.25, 0.3) is 11.4 Å². The van der Waals surface area contributed by atoms with E-state index in [4.69, 9.17) is 10.3 Å². The molecule has 178 valence electrons. The van der Waals surface area contributed by atoms with Crippen molar-refractivity contribution >= 4 is 37.4 Å². The van der Waals surface area contributed by atoms with Crippen LogP contribution in [0.3, 0.4) is 0 Å². The van der Waals surface area contributed by atoms with Gasteiger partial charge in [-0.3, -0.25) is 4.79 Å². The van der Waals surface area contributed by atoms with Crippen LogP contribution in [0.4, 0.5) is 5.69 Å². The Labute approximate surface area is 188 Å². The summed E-state index contributed by atoms with van der Waals surface area (Å²) in [6.07, 6.45) is 1.15. The van der Waals surface area contributed by atoms with Crippen molar-refractivity contribution in [3.63, 3.8) is 0 Å². The molecule has 0 saturated carbocycles. The van der Waals surface area contributed by atoms with Crippen molar-refractivity contribution in [1.29, 1.82) is 0 Å². The van der Waals surface area contributed by atoms with Crippen LogP contribution in [0.1, 0.15) is 19.3 Å². The number of aromatic nitrogens is 4. The average Bonchev–Trinajstić information content (AvgIpc) is 3.46. The molecule has 4 rings (SSSR count). The minimum atomic E-state index is -4.68. The third-order valence-corrected chi connectivity index (χ3v) is 8.01. The summed E-state index contributed by atoms with van der Waals surface area (Å²) in [5.41, 5.74) is -0.469. The van der Waals surface area contributed by atoms with Crippen molar-refractivity contribution in [2.45, 2.75) is 35.1 Å². The van der Waals surface area contributed by atoms with E-state index in [0.29, 0.717) is 25.9 Å². The van der Waals surface area contributed by atoms with Gasteiger partial charge in [-0.2, -0.15) is 5.21 Å². The predicted octanol–water partition coefficient (Wildman–Crippen LogP) is -1.89. The SMILES string of the molecule is NS(=O)(=O)c1c(S(=O)(=O)N[C@@H]2CCNC2)ccc(N2CCCC(=NO)C2=O)c1-c1nn[nH]n1. The molecule has 0 unspecified atom stereocenters. The van der Waals surface area contributed by atoms with Crippen molar-refractivity contribution < 1.29 is 26.8 Å². The Morgan fingerprint density at radius 1 is 1.27 bits per heavy atom. The Morgan fingerprint density at radius 3 is 2.67 bits per heavy atom. The van der Waals surface area contributed by atoms with Gasteiger partial charge in [-0.1, -0.05) is 5.16 Å². The minimum absolute atomic E-state index is 0.0206. The molecule has 1 amide bonds. The number of aromatic amines is 1. The maximum Gasteiger partial charge on any atom is 0.276 e. The van der Waals surface area contributed by atoms with Crippen molar-refractivity contribution in [3.05, 3.63) is 12.1 Å². The minimum Gasteiger partial charge on any atom is -0.410 e. The van der Waals surface area contributed by atoms with Crippen molar-refractivity contribution in [2.75, 3.05) is 24.5 Å². The Morgan fingerprint density at radius 2 is 2.06 bits per heavy atom. The van der Waals surface area contributed by atoms with Gasteiger partial charge in [-0.15, -0.1) is 10.2 Å². The molecule has 17 heteroatoms. The van der Waals surface area contributed by atoms with E-state index in [9.17, 15) is 21.6 Å². The fourth-order valence-corrected chi connectivity index (χ4v) is 6.75. The zero-order valence-corrected chi connectivity index (χ0v) is 18.7. The van der Waals surface area contributed by atoms with Gasteiger partial charge in [0, 0.05) is 25.6 Å². The number of amides is 1. The Balaban J connectivity index is 1.96. The number of anilines is 1. The van der Waals surface area contributed by atoms with Gasteiger partial charge in [-0.25, -0.2) is 26.7 Å². The van der Waals surface area contributed by atoms with E-state index >= 15 is 0 Å². The first-order valence-corrected chi connectivity index (χ1v) is 12.9. The largest absolute Gasteiger partial charge is 0.410 e. The lowest BCUT2D eigenvalue weighted by molar-refractivity contribution is -0.113. The van der Waals surface area contributed by atoms with Crippen LogP contribution in [0, 0.1) is 0 Å². The first-order chi connectivity index (χ1) is 15.6. The first-order valence-electron chi connectivity index (χ1n) is 9.83. The van der Waals surface area contributed by atoms with E-state index in [2.05, 4.69) is 35.8 Å². The van der Waals surface area contributed by atoms with Crippen molar-refractivity contribution in [2.24, 2.45) is 10.3 Å². The second-order valence-corrected chi connectivity index (χ2v) is 10.7. The van der Waals surface area contributed by atoms with Crippen LogP contribution in [-0.2, 0) is 24.8 Å². The fourth-order valence-electron chi connectivity index (χ4n) is 3.89. The standard InChI is InChI=1S/C16H21N9O6S2/c17-32(28,29)14-12(33(30,31)22-9-5-6-18-8-9)4-3-11(13(14)15-19-23-24-20-15)25-7-1-2-10(21-27)16(25)26/h3-4,9,18,22,27H,1-2,5-8H2,(H2,17,28,29)(H,19,20,23,24)/t9-/m1/s1. The van der Waals surface area contributed by atoms with Gasteiger partial charge >= 0.3 is 0 Å². The van der Waals surface area contributed by atoms with Gasteiger partial charge in [0.2, 0.25) is 25.9 Å². The molecular formula is C16H21N9O6S2. The molecule has 1 aromatic heterocycles. The summed E-state index contributed by atoms with van der Waals surface area (Å²) in [7, 11) is -9.03. The number of nitrogens with two attached hydrogens (primary N) is 1. The second kappa shape index (κ2) is 8.75. The number of sulfonamides is 2. The molecule has 0 aliphatic carbocycles. The highest BCUT2D eigenvalue weighted by Gasteiger charge is 2.37. The summed E-state index contributed by atoms with van der Waals surface area (Å²) in [4.78, 5) is 12.6. The number of primary sulfonamides is 1. The number of oxime groups is 1. The fraction of sp³-hybridized carbons (Fsp3) is 0.438. The summed E-state index contributed by atoms with van der Waals surface area (Å²) in [6, 6.07) is 1.88. The van der Waals surface area contributed by atoms with Gasteiger partial charge in [0.25, 0.3) is 5.91 Å². The van der Waals surface area contributed by atoms with E-state index in [1.807, 2.05) is 0 Å². The zero-order valence-electron chi connectivity index (χ0n) is 17.1. The third-order valence-electron chi connectivity index (χ3n) is 5.32. The molecule has 33 heavy (non-hydrogen) atoms. The number of piperidine rings is 1. The highest BCUT2D eigenvalue weighted by atomic mass is 32.2. The number of carbonyl (C=O) groups excluding carboxylic acids is 1. The highest BCUT2D eigenvalue weighted by molar-refractivity contribution is 7.92. The lowest BCUT2D eigenvalue weighted by Gasteiger charge is -2.29. The molecule has 2 aliphatic rings. The van der Waals surface area contributed by atoms with Crippen molar-refractivity contribution in [1.82, 2.24) is 30.7 Å². The van der Waals surface area contributed by atoms with E-state index in [-0.39, 0.29) is 35.8 Å². The Kier molecular flexibility index (Phi) is 6.14. The predicted molar refractivity (Wildman–Crippen MR) is 113 cm³/mol. The molecule has 1 aromatic carbocycles. The molecular weight excluding hydrogens is 478 g/mol. The van der Waals surface area contributed by atoms with Crippen LogP contribution >= 0.6 is 0 Å². The highest BCUT2D eigenvalue weighted by Crippen LogP contribution is 2.39. The number of hydrogen-bond acceptors (Lipinski definition) is 11. The number of hydrogen-bond donors (Lipinski definition) is 5. The molecule has 2 fully saturated rings. The average molecular weight is 500 g/mol. The first kappa shape index (κ1) is 23.2. The molecule has 2 aromatic rings. The van der Waals surface area contributed by atoms with Gasteiger partial charge in [0.15, 0.2) is 0 Å². The quantitative estimate of drug-likeness (QED) is 0.219. The van der Waals surface area contributed by atoms with Crippen LogP contribution in [0.2, 0.25) is 0 Å². The van der Waals surface area contributed by atoms with Crippen LogP contribution in [-0.4, -0.2) is 80.0 Å². The summed E-state index contributed by atoms with van der Waals surface area (Å²) < 4.78 is 54.2. The number of nitrogens with one attached hydrogen (secondary N) is 3. The molecule has 0 radical (unpaired) electrons. The lowest BCUT2D eigenvalue weighted by Crippen LogP contribution is -2.42. The number of rotatable bonds is 6. The molecule has 2 aliphatic heterocycles. The number of tetrazole rings is 1. The number of carbonyl (C=O) groups is 1. The van der Waals surface area contributed by atoms with Gasteiger partial charge < -0.3 is 15.4 Å². The van der Waals surface area contributed by atoms with Crippen LogP contribution in [0.5, 0.6) is 0 Å². The van der Waals surface area contributed by atoms with Gasteiger partial charge in [0.05, 0.1) is 11.3 Å². The molecule has 0 spiro atoms. The van der Waals surface area contributed by atoms with E-state index in [1.165, 1.54) is 6.07 Å². The lowest BCUT2D eigenvalue weighted by atomic mass is 10.0. The molecule has 0 bridgehead atoms. The number of benzene rings is 1. The monoisotopic (exact) mass is 499 g/mol. The Hall–Kier alpha value is -2.99. The second-order valence-electron chi connectivity index (χ2n) is 7.49. The molecule has 3 heterocycles. The zero-order chi connectivity index (χ0) is 23.8. The summed E-state index contributed by atoms with van der Waals surface area (Å²) in [5, 5.41) is 33.8. The maximum absolute atomic E-state index is 13.2. The third kappa shape index (κ3) is 4.44. The van der Waals surface area contributed by atoms with E-state index in [0.717, 1.165) is 11.0 Å². The Bertz CT molecular complexity index is 1300. The van der Waals surface area contributed by atoms with Crippen LogP contribution < -0.4 is 20.1 Å². The summed E-state index contributed by atoms with van der Waals surface area (Å²) >= 11 is 0. The van der Waals surface area contributed by atoms with Crippen molar-refractivity contribution in [3.8, 4) is 11.4 Å². The van der Waals surface area contributed by atoms with Crippen LogP contribution in [0.15, 0.2) is 27.1 Å². The van der Waals surface area contributed by atoms with Gasteiger partial charge in [0.1, 0.15) is 15.5 Å². The normalized spacial score (nSPS) is 21.1. The van der Waals surface area contributed by atoms with Gasteiger partial charge in [-0.05, 0) is 36.7 Å². The number of nitrogens with zero attached hydrogens (tertiary/aromatic N) is 5. The summed E-state index contributed by atoms with van der Waals surface area (Å²) in [6.45, 7) is 1.13. The molecule has 6 N–H and O–H groups in total. The molecule has 15 nitrogen and oxygen atoms in total. The molecule has 2 saturated heterocycles.